The van der Waals surface area contributed by atoms with Crippen LogP contribution in [0.3, 0.4) is 0 Å². The molecule has 11 heavy (non-hydrogen) atoms. The molecule has 0 saturated carbocycles. The van der Waals surface area contributed by atoms with E-state index in [1.54, 1.807) is 4.90 Å². The van der Waals surface area contributed by atoms with E-state index in [4.69, 9.17) is 10.5 Å². The summed E-state index contributed by atoms with van der Waals surface area (Å²) >= 11 is 0. The van der Waals surface area contributed by atoms with Gasteiger partial charge >= 0.3 is 0 Å². The lowest BCUT2D eigenvalue weighted by molar-refractivity contribution is -0.197. The van der Waals surface area contributed by atoms with E-state index in [1.165, 1.54) is 0 Å². The summed E-state index contributed by atoms with van der Waals surface area (Å²) in [6, 6.07) is 0. The molecule has 0 aliphatic carbocycles. The molecule has 0 aromatic rings. The molecule has 2 bridgehead atoms. The zero-order valence-electron chi connectivity index (χ0n) is 6.32. The lowest BCUT2D eigenvalue weighted by Crippen LogP contribution is -2.61. The number of hydrogen-bond donors (Lipinski definition) is 1. The number of morpholine rings is 1. The average molecular weight is 156 g/mol. The SMILES string of the molecule is NCCN1CC2CC(O2)C1=O. The number of piperidine rings is 1. The predicted molar refractivity (Wildman–Crippen MR) is 38.9 cm³/mol. The second-order valence-corrected chi connectivity index (χ2v) is 3.06. The third-order valence-electron chi connectivity index (χ3n) is 2.24. The van der Waals surface area contributed by atoms with Crippen molar-refractivity contribution in [2.75, 3.05) is 19.6 Å². The van der Waals surface area contributed by atoms with Crippen LogP contribution in [0.2, 0.25) is 0 Å². The van der Waals surface area contributed by atoms with E-state index in [1.807, 2.05) is 0 Å². The molecule has 1 amide bonds. The molecule has 3 heterocycles. The number of rotatable bonds is 2. The molecule has 3 aliphatic rings. The minimum Gasteiger partial charge on any atom is -0.363 e. The van der Waals surface area contributed by atoms with Crippen molar-refractivity contribution in [2.24, 2.45) is 5.73 Å². The van der Waals surface area contributed by atoms with Crippen LogP contribution in [-0.2, 0) is 9.53 Å². The normalized spacial score (nSPS) is 35.4. The van der Waals surface area contributed by atoms with E-state index >= 15 is 0 Å². The Morgan fingerprint density at radius 1 is 1.73 bits per heavy atom. The second kappa shape index (κ2) is 2.46. The van der Waals surface area contributed by atoms with Crippen molar-refractivity contribution in [2.45, 2.75) is 18.6 Å². The van der Waals surface area contributed by atoms with E-state index in [2.05, 4.69) is 0 Å². The standard InChI is InChI=1S/C7H12N2O2/c8-1-2-9-4-5-3-6(11-5)7(9)10/h5-6H,1-4,8H2. The highest BCUT2D eigenvalue weighted by atomic mass is 16.5. The monoisotopic (exact) mass is 156 g/mol. The lowest BCUT2D eigenvalue weighted by Gasteiger charge is -2.45. The van der Waals surface area contributed by atoms with Crippen molar-refractivity contribution in [3.63, 3.8) is 0 Å². The van der Waals surface area contributed by atoms with Gasteiger partial charge < -0.3 is 15.4 Å². The van der Waals surface area contributed by atoms with E-state index < -0.39 is 0 Å². The fourth-order valence-corrected chi connectivity index (χ4v) is 1.63. The molecular weight excluding hydrogens is 144 g/mol. The van der Waals surface area contributed by atoms with E-state index in [9.17, 15) is 4.79 Å². The first-order valence-electron chi connectivity index (χ1n) is 3.95. The summed E-state index contributed by atoms with van der Waals surface area (Å²) in [6.45, 7) is 1.97. The first kappa shape index (κ1) is 7.06. The van der Waals surface area contributed by atoms with Crippen LogP contribution in [-0.4, -0.2) is 42.6 Å². The first-order valence-corrected chi connectivity index (χ1v) is 3.95. The topological polar surface area (TPSA) is 55.6 Å². The van der Waals surface area contributed by atoms with Gasteiger partial charge in [-0.1, -0.05) is 0 Å². The van der Waals surface area contributed by atoms with Crippen molar-refractivity contribution < 1.29 is 9.53 Å². The van der Waals surface area contributed by atoms with Gasteiger partial charge in [-0.3, -0.25) is 4.79 Å². The molecule has 62 valence electrons. The number of carbonyl (C=O) groups is 1. The molecule has 2 unspecified atom stereocenters. The molecule has 3 aliphatic heterocycles. The number of nitrogens with zero attached hydrogens (tertiary/aromatic N) is 1. The number of amides is 1. The Kier molecular flexibility index (Phi) is 1.58. The summed E-state index contributed by atoms with van der Waals surface area (Å²) in [6.07, 6.45) is 1.07. The number of hydrogen-bond acceptors (Lipinski definition) is 3. The van der Waals surface area contributed by atoms with Crippen LogP contribution in [0.5, 0.6) is 0 Å². The molecule has 4 nitrogen and oxygen atoms in total. The predicted octanol–water partition coefficient (Wildman–Crippen LogP) is -1.06. The van der Waals surface area contributed by atoms with Crippen LogP contribution in [0.15, 0.2) is 0 Å². The highest BCUT2D eigenvalue weighted by Crippen LogP contribution is 2.28. The van der Waals surface area contributed by atoms with Gasteiger partial charge in [0.25, 0.3) is 5.91 Å². The number of fused-ring (bicyclic) bond motifs is 2. The fourth-order valence-electron chi connectivity index (χ4n) is 1.63. The van der Waals surface area contributed by atoms with Gasteiger partial charge in [-0.25, -0.2) is 0 Å². The van der Waals surface area contributed by atoms with Crippen LogP contribution in [0.4, 0.5) is 0 Å². The van der Waals surface area contributed by atoms with E-state index in [0.29, 0.717) is 19.2 Å². The summed E-state index contributed by atoms with van der Waals surface area (Å²) in [5.74, 6) is 0.123. The summed E-state index contributed by atoms with van der Waals surface area (Å²) in [5.41, 5.74) is 5.35. The van der Waals surface area contributed by atoms with Crippen LogP contribution >= 0.6 is 0 Å². The summed E-state index contributed by atoms with van der Waals surface area (Å²) in [7, 11) is 0. The maximum Gasteiger partial charge on any atom is 0.251 e. The van der Waals surface area contributed by atoms with E-state index in [-0.39, 0.29) is 12.0 Å². The van der Waals surface area contributed by atoms with Gasteiger partial charge in [-0.2, -0.15) is 0 Å². The van der Waals surface area contributed by atoms with E-state index in [0.717, 1.165) is 13.0 Å². The zero-order valence-corrected chi connectivity index (χ0v) is 6.32. The van der Waals surface area contributed by atoms with Crippen LogP contribution < -0.4 is 5.73 Å². The van der Waals surface area contributed by atoms with Crippen LogP contribution in [0.1, 0.15) is 6.42 Å². The molecule has 0 radical (unpaired) electrons. The number of carbonyl (C=O) groups excluding carboxylic acids is 1. The van der Waals surface area contributed by atoms with Gasteiger partial charge in [0.15, 0.2) is 0 Å². The Morgan fingerprint density at radius 2 is 2.45 bits per heavy atom. The third kappa shape index (κ3) is 1.02. The fraction of sp³-hybridized carbons (Fsp3) is 0.857. The van der Waals surface area contributed by atoms with Gasteiger partial charge in [-0.05, 0) is 0 Å². The van der Waals surface area contributed by atoms with Gasteiger partial charge in [0.1, 0.15) is 6.10 Å². The summed E-state index contributed by atoms with van der Waals surface area (Å²) < 4.78 is 5.23. The number of ether oxygens (including phenoxy) is 1. The summed E-state index contributed by atoms with van der Waals surface area (Å²) in [5, 5.41) is 0. The van der Waals surface area contributed by atoms with Crippen molar-refractivity contribution >= 4 is 5.91 Å². The quantitative estimate of drug-likeness (QED) is 0.554. The van der Waals surface area contributed by atoms with Gasteiger partial charge in [0.2, 0.25) is 0 Å². The molecule has 3 rings (SSSR count). The second-order valence-electron chi connectivity index (χ2n) is 3.06. The maximum absolute atomic E-state index is 11.3. The minimum absolute atomic E-state index is 0.123. The van der Waals surface area contributed by atoms with Gasteiger partial charge in [0, 0.05) is 26.1 Å². The molecule has 3 saturated heterocycles. The van der Waals surface area contributed by atoms with Crippen molar-refractivity contribution in [1.29, 1.82) is 0 Å². The number of nitrogens with two attached hydrogens (primary N) is 1. The third-order valence-corrected chi connectivity index (χ3v) is 2.24. The first-order chi connectivity index (χ1) is 5.31. The van der Waals surface area contributed by atoms with Crippen molar-refractivity contribution in [1.82, 2.24) is 4.90 Å². The average Bonchev–Trinajstić information content (AvgIpc) is 1.90. The van der Waals surface area contributed by atoms with Crippen LogP contribution in [0, 0.1) is 0 Å². The highest BCUT2D eigenvalue weighted by Gasteiger charge is 2.44. The lowest BCUT2D eigenvalue weighted by atomic mass is 9.98. The molecule has 2 N–H and O–H groups in total. The maximum atomic E-state index is 11.3. The molecule has 0 aromatic carbocycles. The smallest absolute Gasteiger partial charge is 0.251 e. The summed E-state index contributed by atoms with van der Waals surface area (Å²) in [4.78, 5) is 13.1. The Morgan fingerprint density at radius 3 is 3.00 bits per heavy atom. The molecule has 3 fully saturated rings. The molecule has 0 spiro atoms. The van der Waals surface area contributed by atoms with Gasteiger partial charge in [-0.15, -0.1) is 0 Å². The Balaban J connectivity index is 1.96. The zero-order chi connectivity index (χ0) is 7.84. The van der Waals surface area contributed by atoms with Crippen molar-refractivity contribution in [3.8, 4) is 0 Å². The highest BCUT2D eigenvalue weighted by molar-refractivity contribution is 5.83. The Bertz CT molecular complexity index is 177. The largest absolute Gasteiger partial charge is 0.363 e. The minimum atomic E-state index is -0.139. The molecular formula is C7H12N2O2. The Hall–Kier alpha value is -0.610. The molecule has 2 atom stereocenters. The molecule has 0 aromatic heterocycles. The van der Waals surface area contributed by atoms with Crippen LogP contribution in [0.25, 0.3) is 0 Å². The van der Waals surface area contributed by atoms with Crippen molar-refractivity contribution in [3.05, 3.63) is 0 Å². The van der Waals surface area contributed by atoms with Gasteiger partial charge in [0.05, 0.1) is 6.10 Å². The molecule has 4 heteroatoms. The Labute approximate surface area is 65.3 Å².